The van der Waals surface area contributed by atoms with E-state index in [1.54, 1.807) is 18.2 Å². The second-order valence-electron chi connectivity index (χ2n) is 6.94. The molecule has 0 atom stereocenters. The SMILES string of the molecule is FC(F)(F)Cc1nnc2c(Cl)c(N3CCC(F)(c4ccccc4)CC3)ccn12. The smallest absolute Gasteiger partial charge is 0.370 e. The molecule has 0 unspecified atom stereocenters. The highest BCUT2D eigenvalue weighted by Crippen LogP contribution is 2.40. The quantitative estimate of drug-likeness (QED) is 0.570. The number of rotatable bonds is 3. The van der Waals surface area contributed by atoms with Crippen LogP contribution in [0.1, 0.15) is 24.2 Å². The Morgan fingerprint density at radius 3 is 2.36 bits per heavy atom. The van der Waals surface area contributed by atoms with Crippen LogP contribution in [-0.4, -0.2) is 33.9 Å². The maximum atomic E-state index is 15.3. The van der Waals surface area contributed by atoms with E-state index in [0.29, 0.717) is 37.2 Å². The molecular formula is C19H17ClF4N4. The second kappa shape index (κ2) is 6.92. The fourth-order valence-electron chi connectivity index (χ4n) is 3.63. The summed E-state index contributed by atoms with van der Waals surface area (Å²) in [5.41, 5.74) is 0.0440. The Labute approximate surface area is 163 Å². The first-order valence-corrected chi connectivity index (χ1v) is 9.23. The molecule has 0 spiro atoms. The molecule has 0 aliphatic carbocycles. The topological polar surface area (TPSA) is 33.4 Å². The highest BCUT2D eigenvalue weighted by Gasteiger charge is 2.37. The van der Waals surface area contributed by atoms with E-state index in [1.807, 2.05) is 23.1 Å². The molecule has 2 aromatic heterocycles. The van der Waals surface area contributed by atoms with Gasteiger partial charge < -0.3 is 4.90 Å². The van der Waals surface area contributed by atoms with Crippen molar-refractivity contribution in [3.05, 3.63) is 59.0 Å². The highest BCUT2D eigenvalue weighted by atomic mass is 35.5. The minimum absolute atomic E-state index is 0.165. The number of aromatic nitrogens is 3. The molecule has 0 saturated carbocycles. The Balaban J connectivity index is 1.57. The Kier molecular flexibility index (Phi) is 4.69. The van der Waals surface area contributed by atoms with Crippen LogP contribution in [0.2, 0.25) is 5.02 Å². The van der Waals surface area contributed by atoms with E-state index < -0.39 is 18.3 Å². The van der Waals surface area contributed by atoms with Gasteiger partial charge in [0.15, 0.2) is 5.65 Å². The number of nitrogens with zero attached hydrogens (tertiary/aromatic N) is 4. The van der Waals surface area contributed by atoms with E-state index in [-0.39, 0.29) is 16.5 Å². The predicted molar refractivity (Wildman–Crippen MR) is 98.4 cm³/mol. The number of halogens is 5. The molecule has 3 aromatic rings. The number of piperidine rings is 1. The second-order valence-corrected chi connectivity index (χ2v) is 7.31. The molecule has 1 aromatic carbocycles. The van der Waals surface area contributed by atoms with Gasteiger partial charge in [-0.1, -0.05) is 41.9 Å². The van der Waals surface area contributed by atoms with Crippen LogP contribution < -0.4 is 4.90 Å². The summed E-state index contributed by atoms with van der Waals surface area (Å²) < 4.78 is 54.6. The van der Waals surface area contributed by atoms with Crippen molar-refractivity contribution < 1.29 is 17.6 Å². The molecular weight excluding hydrogens is 396 g/mol. The van der Waals surface area contributed by atoms with Gasteiger partial charge in [0.25, 0.3) is 0 Å². The van der Waals surface area contributed by atoms with E-state index in [1.165, 1.54) is 10.6 Å². The largest absolute Gasteiger partial charge is 0.396 e. The molecule has 0 N–H and O–H groups in total. The van der Waals surface area contributed by atoms with E-state index in [9.17, 15) is 13.2 Å². The molecule has 1 aliphatic rings. The van der Waals surface area contributed by atoms with Crippen LogP contribution in [0.3, 0.4) is 0 Å². The van der Waals surface area contributed by atoms with Gasteiger partial charge in [0.05, 0.1) is 5.69 Å². The van der Waals surface area contributed by atoms with Crippen molar-refractivity contribution in [2.45, 2.75) is 31.1 Å². The molecule has 1 aliphatic heterocycles. The van der Waals surface area contributed by atoms with Gasteiger partial charge in [-0.2, -0.15) is 13.2 Å². The lowest BCUT2D eigenvalue weighted by Crippen LogP contribution is -2.40. The van der Waals surface area contributed by atoms with Crippen LogP contribution in [0.4, 0.5) is 23.2 Å². The summed E-state index contributed by atoms with van der Waals surface area (Å²) in [5, 5.41) is 7.65. The molecule has 9 heteroatoms. The van der Waals surface area contributed by atoms with Crippen LogP contribution in [-0.2, 0) is 12.1 Å². The van der Waals surface area contributed by atoms with Gasteiger partial charge in [-0.05, 0) is 11.6 Å². The van der Waals surface area contributed by atoms with Crippen molar-refractivity contribution in [2.24, 2.45) is 0 Å². The number of hydrogen-bond acceptors (Lipinski definition) is 3. The first kappa shape index (κ1) is 19.0. The third-order valence-electron chi connectivity index (χ3n) is 5.12. The molecule has 1 fully saturated rings. The molecule has 1 saturated heterocycles. The first-order chi connectivity index (χ1) is 13.3. The molecule has 4 rings (SSSR count). The summed E-state index contributed by atoms with van der Waals surface area (Å²) in [5.74, 6) is -0.221. The van der Waals surface area contributed by atoms with Crippen molar-refractivity contribution in [1.82, 2.24) is 14.6 Å². The third-order valence-corrected chi connectivity index (χ3v) is 5.48. The van der Waals surface area contributed by atoms with Crippen LogP contribution in [0.25, 0.3) is 5.65 Å². The average Bonchev–Trinajstić information content (AvgIpc) is 3.06. The number of benzene rings is 1. The van der Waals surface area contributed by atoms with E-state index in [4.69, 9.17) is 11.6 Å². The van der Waals surface area contributed by atoms with Crippen LogP contribution in [0, 0.1) is 0 Å². The van der Waals surface area contributed by atoms with Crippen LogP contribution >= 0.6 is 11.6 Å². The zero-order chi connectivity index (χ0) is 19.9. The van der Waals surface area contributed by atoms with Crippen LogP contribution in [0.15, 0.2) is 42.6 Å². The number of anilines is 1. The highest BCUT2D eigenvalue weighted by molar-refractivity contribution is 6.36. The summed E-state index contributed by atoms with van der Waals surface area (Å²) in [6.07, 6.45) is -3.50. The standard InChI is InChI=1S/C19H17ClF4N4/c20-16-14(6-9-28-15(12-19(22,23)24)25-26-17(16)28)27-10-7-18(21,8-11-27)13-4-2-1-3-5-13/h1-6,9H,7-8,10-12H2. The van der Waals surface area contributed by atoms with Crippen molar-refractivity contribution in [1.29, 1.82) is 0 Å². The molecule has 0 radical (unpaired) electrons. The van der Waals surface area contributed by atoms with Gasteiger partial charge in [0, 0.05) is 32.1 Å². The van der Waals surface area contributed by atoms with Crippen molar-refractivity contribution in [3.63, 3.8) is 0 Å². The normalized spacial score (nSPS) is 17.2. The fourth-order valence-corrected chi connectivity index (χ4v) is 3.95. The molecule has 0 amide bonds. The minimum Gasteiger partial charge on any atom is -0.370 e. The van der Waals surface area contributed by atoms with Gasteiger partial charge in [0.2, 0.25) is 0 Å². The maximum Gasteiger partial charge on any atom is 0.396 e. The molecule has 148 valence electrons. The Hall–Kier alpha value is -2.35. The molecule has 0 bridgehead atoms. The third kappa shape index (κ3) is 3.53. The lowest BCUT2D eigenvalue weighted by atomic mass is 9.86. The number of fused-ring (bicyclic) bond motifs is 1. The van der Waals surface area contributed by atoms with Gasteiger partial charge in [-0.3, -0.25) is 4.40 Å². The Morgan fingerprint density at radius 1 is 1.04 bits per heavy atom. The lowest BCUT2D eigenvalue weighted by Gasteiger charge is -2.38. The summed E-state index contributed by atoms with van der Waals surface area (Å²) >= 11 is 6.41. The zero-order valence-electron chi connectivity index (χ0n) is 14.8. The van der Waals surface area contributed by atoms with Crippen LogP contribution in [0.5, 0.6) is 0 Å². The van der Waals surface area contributed by atoms with Gasteiger partial charge in [0.1, 0.15) is 22.9 Å². The van der Waals surface area contributed by atoms with E-state index in [0.717, 1.165) is 0 Å². The zero-order valence-corrected chi connectivity index (χ0v) is 15.5. The van der Waals surface area contributed by atoms with Crippen molar-refractivity contribution in [2.75, 3.05) is 18.0 Å². The predicted octanol–water partition coefficient (Wildman–Crippen LogP) is 4.95. The average molecular weight is 413 g/mol. The van der Waals surface area contributed by atoms with Gasteiger partial charge in [-0.15, -0.1) is 10.2 Å². The summed E-state index contributed by atoms with van der Waals surface area (Å²) in [6, 6.07) is 10.7. The number of hydrogen-bond donors (Lipinski definition) is 0. The number of alkyl halides is 4. The van der Waals surface area contributed by atoms with Crippen molar-refractivity contribution in [3.8, 4) is 0 Å². The Bertz CT molecular complexity index is 979. The van der Waals surface area contributed by atoms with Gasteiger partial charge in [-0.25, -0.2) is 4.39 Å². The lowest BCUT2D eigenvalue weighted by molar-refractivity contribution is -0.128. The first-order valence-electron chi connectivity index (χ1n) is 8.85. The summed E-state index contributed by atoms with van der Waals surface area (Å²) in [6.45, 7) is 0.871. The number of pyridine rings is 1. The molecule has 28 heavy (non-hydrogen) atoms. The Morgan fingerprint density at radius 2 is 1.71 bits per heavy atom. The van der Waals surface area contributed by atoms with E-state index in [2.05, 4.69) is 10.2 Å². The van der Waals surface area contributed by atoms with E-state index >= 15 is 4.39 Å². The summed E-state index contributed by atoms with van der Waals surface area (Å²) in [4.78, 5) is 1.93. The molecule has 4 nitrogen and oxygen atoms in total. The minimum atomic E-state index is -4.39. The maximum absolute atomic E-state index is 15.3. The molecule has 3 heterocycles. The monoisotopic (exact) mass is 412 g/mol. The fraction of sp³-hybridized carbons (Fsp3) is 0.368. The van der Waals surface area contributed by atoms with Gasteiger partial charge >= 0.3 is 6.18 Å². The van der Waals surface area contributed by atoms with Crippen molar-refractivity contribution >= 4 is 22.9 Å². The summed E-state index contributed by atoms with van der Waals surface area (Å²) in [7, 11) is 0.